The van der Waals surface area contributed by atoms with E-state index in [-0.39, 0.29) is 11.9 Å². The number of carbonyl (C=O) groups is 1. The lowest BCUT2D eigenvalue weighted by Crippen LogP contribution is -2.33. The first kappa shape index (κ1) is 14.0. The van der Waals surface area contributed by atoms with Crippen molar-refractivity contribution in [2.45, 2.75) is 26.3 Å². The van der Waals surface area contributed by atoms with Crippen molar-refractivity contribution < 1.29 is 4.79 Å². The van der Waals surface area contributed by atoms with Gasteiger partial charge in [0.1, 0.15) is 0 Å². The molecule has 0 spiro atoms. The fourth-order valence-electron chi connectivity index (χ4n) is 2.45. The Morgan fingerprint density at radius 2 is 2.05 bits per heavy atom. The minimum atomic E-state index is 0.0329. The number of anilines is 1. The number of benzene rings is 1. The van der Waals surface area contributed by atoms with E-state index < -0.39 is 0 Å². The standard InChI is InChI=1S/C15H23N3O/c1-3-12-4-6-13(7-5-12)17-15(19)10-18-8-11(2)14(16)9-18/h4-7,11,14H,3,8-10,16H2,1-2H3,(H,17,19). The monoisotopic (exact) mass is 261 g/mol. The minimum absolute atomic E-state index is 0.0329. The first-order valence-corrected chi connectivity index (χ1v) is 6.95. The zero-order valence-electron chi connectivity index (χ0n) is 11.7. The molecule has 1 fully saturated rings. The highest BCUT2D eigenvalue weighted by Gasteiger charge is 2.27. The molecule has 2 rings (SSSR count). The predicted octanol–water partition coefficient (Wildman–Crippen LogP) is 1.47. The highest BCUT2D eigenvalue weighted by molar-refractivity contribution is 5.92. The molecule has 1 aromatic rings. The van der Waals surface area contributed by atoms with Crippen molar-refractivity contribution in [3.63, 3.8) is 0 Å². The lowest BCUT2D eigenvalue weighted by molar-refractivity contribution is -0.117. The number of amides is 1. The van der Waals surface area contributed by atoms with Crippen molar-refractivity contribution in [2.75, 3.05) is 25.0 Å². The molecule has 0 aliphatic carbocycles. The first-order valence-electron chi connectivity index (χ1n) is 6.95. The molecule has 1 aliphatic rings. The molecular formula is C15H23N3O. The first-order chi connectivity index (χ1) is 9.08. The highest BCUT2D eigenvalue weighted by Crippen LogP contribution is 2.14. The van der Waals surface area contributed by atoms with Gasteiger partial charge in [-0.15, -0.1) is 0 Å². The number of aryl methyl sites for hydroxylation is 1. The van der Waals surface area contributed by atoms with Crippen molar-refractivity contribution >= 4 is 11.6 Å². The maximum absolute atomic E-state index is 11.9. The van der Waals surface area contributed by atoms with Gasteiger partial charge < -0.3 is 11.1 Å². The number of hydrogen-bond acceptors (Lipinski definition) is 3. The van der Waals surface area contributed by atoms with Crippen LogP contribution in [0.1, 0.15) is 19.4 Å². The van der Waals surface area contributed by atoms with Crippen LogP contribution < -0.4 is 11.1 Å². The van der Waals surface area contributed by atoms with Gasteiger partial charge in [0.2, 0.25) is 5.91 Å². The van der Waals surface area contributed by atoms with Crippen LogP contribution in [0.2, 0.25) is 0 Å². The third-order valence-corrected chi connectivity index (χ3v) is 3.76. The summed E-state index contributed by atoms with van der Waals surface area (Å²) in [6.45, 7) is 6.39. The number of rotatable bonds is 4. The average molecular weight is 261 g/mol. The smallest absolute Gasteiger partial charge is 0.238 e. The Morgan fingerprint density at radius 1 is 1.37 bits per heavy atom. The normalized spacial score (nSPS) is 23.5. The Morgan fingerprint density at radius 3 is 2.58 bits per heavy atom. The summed E-state index contributed by atoms with van der Waals surface area (Å²) in [6, 6.07) is 8.19. The van der Waals surface area contributed by atoms with Gasteiger partial charge in [-0.05, 0) is 30.0 Å². The lowest BCUT2D eigenvalue weighted by atomic mass is 10.1. The molecule has 4 heteroatoms. The summed E-state index contributed by atoms with van der Waals surface area (Å²) in [6.07, 6.45) is 1.01. The topological polar surface area (TPSA) is 58.4 Å². The second kappa shape index (κ2) is 6.17. The van der Waals surface area contributed by atoms with Gasteiger partial charge >= 0.3 is 0 Å². The molecule has 1 aromatic carbocycles. The van der Waals surface area contributed by atoms with Crippen molar-refractivity contribution in [1.82, 2.24) is 4.90 Å². The molecule has 1 heterocycles. The fourth-order valence-corrected chi connectivity index (χ4v) is 2.45. The van der Waals surface area contributed by atoms with Crippen LogP contribution >= 0.6 is 0 Å². The van der Waals surface area contributed by atoms with Crippen molar-refractivity contribution in [2.24, 2.45) is 11.7 Å². The maximum Gasteiger partial charge on any atom is 0.238 e. The zero-order valence-corrected chi connectivity index (χ0v) is 11.7. The quantitative estimate of drug-likeness (QED) is 0.863. The number of hydrogen-bond donors (Lipinski definition) is 2. The summed E-state index contributed by atoms with van der Waals surface area (Å²) in [4.78, 5) is 14.1. The zero-order chi connectivity index (χ0) is 13.8. The fraction of sp³-hybridized carbons (Fsp3) is 0.533. The molecule has 19 heavy (non-hydrogen) atoms. The van der Waals surface area contributed by atoms with Gasteiger partial charge in [-0.2, -0.15) is 0 Å². The minimum Gasteiger partial charge on any atom is -0.326 e. The van der Waals surface area contributed by atoms with Crippen molar-refractivity contribution in [3.05, 3.63) is 29.8 Å². The molecule has 1 aliphatic heterocycles. The van der Waals surface area contributed by atoms with Crippen LogP contribution in [0.5, 0.6) is 0 Å². The Balaban J connectivity index is 1.84. The summed E-state index contributed by atoms with van der Waals surface area (Å²) in [5.41, 5.74) is 8.09. The second-order valence-corrected chi connectivity index (χ2v) is 5.43. The van der Waals surface area contributed by atoms with E-state index in [1.807, 2.05) is 24.3 Å². The predicted molar refractivity (Wildman–Crippen MR) is 78.0 cm³/mol. The van der Waals surface area contributed by atoms with Gasteiger partial charge in [-0.25, -0.2) is 0 Å². The molecule has 2 atom stereocenters. The largest absolute Gasteiger partial charge is 0.326 e. The molecule has 2 unspecified atom stereocenters. The Labute approximate surface area is 115 Å². The Kier molecular flexibility index (Phi) is 4.56. The maximum atomic E-state index is 11.9. The van der Waals surface area contributed by atoms with E-state index in [2.05, 4.69) is 24.1 Å². The third-order valence-electron chi connectivity index (χ3n) is 3.76. The lowest BCUT2D eigenvalue weighted by Gasteiger charge is -2.14. The third kappa shape index (κ3) is 3.78. The van der Waals surface area contributed by atoms with E-state index in [9.17, 15) is 4.79 Å². The number of nitrogens with one attached hydrogen (secondary N) is 1. The summed E-state index contributed by atoms with van der Waals surface area (Å²) < 4.78 is 0. The molecule has 104 valence electrons. The van der Waals surface area contributed by atoms with Crippen molar-refractivity contribution in [3.8, 4) is 0 Å². The second-order valence-electron chi connectivity index (χ2n) is 5.43. The summed E-state index contributed by atoms with van der Waals surface area (Å²) >= 11 is 0. The molecule has 4 nitrogen and oxygen atoms in total. The number of likely N-dealkylation sites (tertiary alicyclic amines) is 1. The van der Waals surface area contributed by atoms with Gasteiger partial charge in [-0.3, -0.25) is 9.69 Å². The number of nitrogens with two attached hydrogens (primary N) is 1. The van der Waals surface area contributed by atoms with Crippen molar-refractivity contribution in [1.29, 1.82) is 0 Å². The van der Waals surface area contributed by atoms with Crippen LogP contribution in [0.4, 0.5) is 5.69 Å². The van der Waals surface area contributed by atoms with E-state index in [1.54, 1.807) is 0 Å². The van der Waals surface area contributed by atoms with Gasteiger partial charge in [0.05, 0.1) is 6.54 Å². The van der Waals surface area contributed by atoms with Crippen LogP contribution in [0.3, 0.4) is 0 Å². The number of carbonyl (C=O) groups excluding carboxylic acids is 1. The Hall–Kier alpha value is -1.39. The average Bonchev–Trinajstić information content (AvgIpc) is 2.69. The molecule has 0 radical (unpaired) electrons. The SMILES string of the molecule is CCc1ccc(NC(=O)CN2CC(C)C(N)C2)cc1. The van der Waals surface area contributed by atoms with Gasteiger partial charge in [0, 0.05) is 24.8 Å². The highest BCUT2D eigenvalue weighted by atomic mass is 16.2. The van der Waals surface area contributed by atoms with Crippen LogP contribution in [0.25, 0.3) is 0 Å². The Bertz CT molecular complexity index is 420. The summed E-state index contributed by atoms with van der Waals surface area (Å²) in [7, 11) is 0. The van der Waals surface area contributed by atoms with E-state index in [0.717, 1.165) is 25.2 Å². The van der Waals surface area contributed by atoms with E-state index >= 15 is 0 Å². The van der Waals surface area contributed by atoms with Gasteiger partial charge in [-0.1, -0.05) is 26.0 Å². The van der Waals surface area contributed by atoms with Crippen LogP contribution in [-0.4, -0.2) is 36.5 Å². The molecule has 0 bridgehead atoms. The molecule has 1 amide bonds. The molecule has 1 saturated heterocycles. The molecule has 0 saturated carbocycles. The number of nitrogens with zero attached hydrogens (tertiary/aromatic N) is 1. The van der Waals surface area contributed by atoms with E-state index in [4.69, 9.17) is 5.73 Å². The summed E-state index contributed by atoms with van der Waals surface area (Å²) in [5, 5.41) is 2.93. The molecule has 3 N–H and O–H groups in total. The van der Waals surface area contributed by atoms with Crippen LogP contribution in [-0.2, 0) is 11.2 Å². The molecular weight excluding hydrogens is 238 g/mol. The molecule has 0 aromatic heterocycles. The van der Waals surface area contributed by atoms with Crippen LogP contribution in [0.15, 0.2) is 24.3 Å². The van der Waals surface area contributed by atoms with Crippen LogP contribution in [0, 0.1) is 5.92 Å². The summed E-state index contributed by atoms with van der Waals surface area (Å²) in [5.74, 6) is 0.502. The van der Waals surface area contributed by atoms with E-state index in [0.29, 0.717) is 12.5 Å². The van der Waals surface area contributed by atoms with E-state index in [1.165, 1.54) is 5.56 Å². The van der Waals surface area contributed by atoms with Gasteiger partial charge in [0.15, 0.2) is 0 Å². The van der Waals surface area contributed by atoms with Gasteiger partial charge in [0.25, 0.3) is 0 Å².